The highest BCUT2D eigenvalue weighted by molar-refractivity contribution is 5.85. The van der Waals surface area contributed by atoms with E-state index in [1.165, 1.54) is 12.8 Å². The number of hydrogen-bond donors (Lipinski definition) is 2. The number of aromatic hydroxyl groups is 1. The van der Waals surface area contributed by atoms with Crippen LogP contribution >= 0.6 is 12.4 Å². The summed E-state index contributed by atoms with van der Waals surface area (Å²) in [6, 6.07) is 7.28. The molecule has 1 fully saturated rings. The van der Waals surface area contributed by atoms with Crippen LogP contribution in [0.3, 0.4) is 0 Å². The van der Waals surface area contributed by atoms with Gasteiger partial charge in [-0.3, -0.25) is 0 Å². The minimum Gasteiger partial charge on any atom is -0.508 e. The minimum atomic E-state index is -0.131. The first kappa shape index (κ1) is 11.3. The van der Waals surface area contributed by atoms with E-state index in [-0.39, 0.29) is 17.9 Å². The maximum Gasteiger partial charge on any atom is 0.115 e. The largest absolute Gasteiger partial charge is 0.508 e. The first-order chi connectivity index (χ1) is 6.21. The van der Waals surface area contributed by atoms with Gasteiger partial charge in [0.15, 0.2) is 0 Å². The van der Waals surface area contributed by atoms with Crippen LogP contribution in [0.1, 0.15) is 31.2 Å². The zero-order chi connectivity index (χ0) is 9.31. The van der Waals surface area contributed by atoms with Gasteiger partial charge in [-0.25, -0.2) is 0 Å². The Kier molecular flexibility index (Phi) is 3.40. The highest BCUT2D eigenvalue weighted by atomic mass is 35.5. The summed E-state index contributed by atoms with van der Waals surface area (Å²) < 4.78 is 0. The second-order valence-electron chi connectivity index (χ2n) is 3.91. The van der Waals surface area contributed by atoms with Gasteiger partial charge >= 0.3 is 0 Å². The number of rotatable bonds is 1. The highest BCUT2D eigenvalue weighted by Crippen LogP contribution is 2.36. The molecule has 0 aliphatic heterocycles. The zero-order valence-corrected chi connectivity index (χ0v) is 8.89. The molecule has 1 aromatic carbocycles. The first-order valence-electron chi connectivity index (χ1n) is 4.79. The van der Waals surface area contributed by atoms with Crippen molar-refractivity contribution < 1.29 is 5.11 Å². The monoisotopic (exact) mass is 213 g/mol. The number of halogens is 1. The Balaban J connectivity index is 0.000000980. The third kappa shape index (κ3) is 2.02. The molecule has 0 unspecified atom stereocenters. The van der Waals surface area contributed by atoms with Crippen molar-refractivity contribution in [1.29, 1.82) is 0 Å². The van der Waals surface area contributed by atoms with E-state index in [9.17, 15) is 0 Å². The molecule has 1 aliphatic carbocycles. The molecule has 2 rings (SSSR count). The van der Waals surface area contributed by atoms with Gasteiger partial charge in [0.05, 0.1) is 0 Å². The second kappa shape index (κ2) is 4.20. The molecule has 1 saturated carbocycles. The maximum absolute atomic E-state index is 9.14. The Labute approximate surface area is 90.5 Å². The van der Waals surface area contributed by atoms with Gasteiger partial charge in [-0.2, -0.15) is 0 Å². The van der Waals surface area contributed by atoms with Crippen LogP contribution in [0.15, 0.2) is 24.3 Å². The lowest BCUT2D eigenvalue weighted by molar-refractivity contribution is 0.455. The third-order valence-electron chi connectivity index (χ3n) is 2.94. The molecule has 0 aromatic heterocycles. The lowest BCUT2D eigenvalue weighted by atomic mass is 9.89. The minimum absolute atomic E-state index is 0. The topological polar surface area (TPSA) is 46.2 Å². The van der Waals surface area contributed by atoms with Crippen molar-refractivity contribution in [3.8, 4) is 5.75 Å². The van der Waals surface area contributed by atoms with Crippen LogP contribution in [0.4, 0.5) is 0 Å². The molecule has 3 heteroatoms. The van der Waals surface area contributed by atoms with Crippen molar-refractivity contribution in [2.45, 2.75) is 31.2 Å². The predicted octanol–water partition coefficient (Wildman–Crippen LogP) is 2.54. The summed E-state index contributed by atoms with van der Waals surface area (Å²) in [6.07, 6.45) is 4.57. The molecule has 78 valence electrons. The molecule has 0 bridgehead atoms. The van der Waals surface area contributed by atoms with Gasteiger partial charge in [0.2, 0.25) is 0 Å². The van der Waals surface area contributed by atoms with E-state index in [4.69, 9.17) is 10.8 Å². The van der Waals surface area contributed by atoms with Crippen molar-refractivity contribution in [3.05, 3.63) is 29.8 Å². The average molecular weight is 214 g/mol. The molecule has 14 heavy (non-hydrogen) atoms. The fourth-order valence-corrected chi connectivity index (χ4v) is 2.09. The number of phenols is 1. The van der Waals surface area contributed by atoms with E-state index in [2.05, 4.69) is 0 Å². The van der Waals surface area contributed by atoms with Crippen LogP contribution < -0.4 is 5.73 Å². The number of nitrogens with two attached hydrogens (primary N) is 1. The van der Waals surface area contributed by atoms with Crippen molar-refractivity contribution in [2.24, 2.45) is 5.73 Å². The van der Waals surface area contributed by atoms with Gasteiger partial charge in [-0.05, 0) is 30.5 Å². The Bertz CT molecular complexity index is 291. The Morgan fingerprint density at radius 3 is 2.07 bits per heavy atom. The van der Waals surface area contributed by atoms with E-state index in [1.807, 2.05) is 12.1 Å². The Hall–Kier alpha value is -0.730. The third-order valence-corrected chi connectivity index (χ3v) is 2.94. The van der Waals surface area contributed by atoms with Crippen LogP contribution in [-0.2, 0) is 5.54 Å². The SMILES string of the molecule is Cl.NC1(c2ccc(O)cc2)CCCC1. The van der Waals surface area contributed by atoms with E-state index < -0.39 is 0 Å². The second-order valence-corrected chi connectivity index (χ2v) is 3.91. The number of benzene rings is 1. The van der Waals surface area contributed by atoms with Crippen LogP contribution in [0.2, 0.25) is 0 Å². The lowest BCUT2D eigenvalue weighted by Crippen LogP contribution is -2.32. The predicted molar refractivity (Wildman–Crippen MR) is 59.7 cm³/mol. The first-order valence-corrected chi connectivity index (χ1v) is 4.79. The zero-order valence-electron chi connectivity index (χ0n) is 8.07. The molecule has 2 nitrogen and oxygen atoms in total. The van der Waals surface area contributed by atoms with Crippen LogP contribution in [0.5, 0.6) is 5.75 Å². The molecule has 0 amide bonds. The molecule has 0 saturated heterocycles. The summed E-state index contributed by atoms with van der Waals surface area (Å²) >= 11 is 0. The molecular weight excluding hydrogens is 198 g/mol. The Morgan fingerprint density at radius 1 is 1.07 bits per heavy atom. The summed E-state index contributed by atoms with van der Waals surface area (Å²) in [7, 11) is 0. The van der Waals surface area contributed by atoms with Crippen molar-refractivity contribution >= 4 is 12.4 Å². The number of hydrogen-bond acceptors (Lipinski definition) is 2. The summed E-state index contributed by atoms with van der Waals surface area (Å²) in [6.45, 7) is 0. The standard InChI is InChI=1S/C11H15NO.ClH/c12-11(7-1-2-8-11)9-3-5-10(13)6-4-9;/h3-6,13H,1-2,7-8,12H2;1H. The molecule has 0 heterocycles. The lowest BCUT2D eigenvalue weighted by Gasteiger charge is -2.23. The normalized spacial score (nSPS) is 18.9. The molecule has 1 aliphatic rings. The maximum atomic E-state index is 9.14. The van der Waals surface area contributed by atoms with Gasteiger partial charge in [0, 0.05) is 5.54 Å². The van der Waals surface area contributed by atoms with Crippen molar-refractivity contribution in [1.82, 2.24) is 0 Å². The summed E-state index contributed by atoms with van der Waals surface area (Å²) in [5, 5.41) is 9.14. The Morgan fingerprint density at radius 2 is 1.57 bits per heavy atom. The molecule has 1 aromatic rings. The van der Waals surface area contributed by atoms with Gasteiger partial charge in [0.25, 0.3) is 0 Å². The van der Waals surface area contributed by atoms with Crippen LogP contribution in [0.25, 0.3) is 0 Å². The summed E-state index contributed by atoms with van der Waals surface area (Å²) in [4.78, 5) is 0. The van der Waals surface area contributed by atoms with Crippen LogP contribution in [0, 0.1) is 0 Å². The molecular formula is C11H16ClNO. The highest BCUT2D eigenvalue weighted by Gasteiger charge is 2.30. The fourth-order valence-electron chi connectivity index (χ4n) is 2.09. The van der Waals surface area contributed by atoms with E-state index in [0.29, 0.717) is 5.75 Å². The molecule has 3 N–H and O–H groups in total. The molecule has 0 atom stereocenters. The van der Waals surface area contributed by atoms with Crippen molar-refractivity contribution in [3.63, 3.8) is 0 Å². The molecule has 0 spiro atoms. The van der Waals surface area contributed by atoms with Gasteiger partial charge < -0.3 is 10.8 Å². The van der Waals surface area contributed by atoms with Gasteiger partial charge in [-0.1, -0.05) is 25.0 Å². The average Bonchev–Trinajstić information content (AvgIpc) is 2.54. The summed E-state index contributed by atoms with van der Waals surface area (Å²) in [5.74, 6) is 0.311. The summed E-state index contributed by atoms with van der Waals surface area (Å²) in [5.41, 5.74) is 7.27. The van der Waals surface area contributed by atoms with Crippen molar-refractivity contribution in [2.75, 3.05) is 0 Å². The van der Waals surface area contributed by atoms with Crippen LogP contribution in [-0.4, -0.2) is 5.11 Å². The van der Waals surface area contributed by atoms with Gasteiger partial charge in [0.1, 0.15) is 5.75 Å². The fraction of sp³-hybridized carbons (Fsp3) is 0.455. The van der Waals surface area contributed by atoms with E-state index in [1.54, 1.807) is 12.1 Å². The van der Waals surface area contributed by atoms with Gasteiger partial charge in [-0.15, -0.1) is 12.4 Å². The smallest absolute Gasteiger partial charge is 0.115 e. The number of phenolic OH excluding ortho intramolecular Hbond substituents is 1. The quantitative estimate of drug-likeness (QED) is 0.753. The van der Waals surface area contributed by atoms with E-state index >= 15 is 0 Å². The molecule has 0 radical (unpaired) electrons. The van der Waals surface area contributed by atoms with E-state index in [0.717, 1.165) is 18.4 Å².